The summed E-state index contributed by atoms with van der Waals surface area (Å²) in [6, 6.07) is 5.88. The number of aromatic nitrogens is 2. The standard InChI is InChI=1S/C18H8N10O8S2/c29-25(30)9-1-3-11(13(5-9)27(33)34)21-23-17-19-7-15(37-17)16-8-20-18(38-16)24-22-12-4-2-10(26(31)32)6-14(12)28(35)36/h1-8H. The third-order valence-corrected chi connectivity index (χ3v) is 6.41. The minimum Gasteiger partial charge on any atom is -0.258 e. The number of thiazole rings is 2. The fraction of sp³-hybridized carbons (Fsp3) is 0. The molecule has 2 aromatic carbocycles. The van der Waals surface area contributed by atoms with Crippen LogP contribution in [0.5, 0.6) is 0 Å². The molecule has 4 rings (SSSR count). The molecule has 0 aliphatic carbocycles. The molecule has 38 heavy (non-hydrogen) atoms. The van der Waals surface area contributed by atoms with Gasteiger partial charge in [-0.3, -0.25) is 40.5 Å². The molecule has 0 fully saturated rings. The van der Waals surface area contributed by atoms with Crippen LogP contribution in [0.3, 0.4) is 0 Å². The molecule has 0 N–H and O–H groups in total. The zero-order valence-electron chi connectivity index (χ0n) is 18.2. The fourth-order valence-electron chi connectivity index (χ4n) is 2.76. The first kappa shape index (κ1) is 25.6. The number of nitro groups is 4. The van der Waals surface area contributed by atoms with Crippen LogP contribution in [0.4, 0.5) is 44.4 Å². The Morgan fingerprint density at radius 3 is 1.32 bits per heavy atom. The predicted molar refractivity (Wildman–Crippen MR) is 131 cm³/mol. The lowest BCUT2D eigenvalue weighted by atomic mass is 10.2. The van der Waals surface area contributed by atoms with E-state index in [2.05, 4.69) is 30.4 Å². The van der Waals surface area contributed by atoms with Gasteiger partial charge >= 0.3 is 11.4 Å². The Kier molecular flexibility index (Phi) is 7.16. The second-order valence-corrected chi connectivity index (χ2v) is 8.81. The number of nitrogens with zero attached hydrogens (tertiary/aromatic N) is 10. The molecule has 0 aliphatic heterocycles. The lowest BCUT2D eigenvalue weighted by Crippen LogP contribution is -1.92. The average molecular weight is 556 g/mol. The molecule has 0 radical (unpaired) electrons. The van der Waals surface area contributed by atoms with Crippen LogP contribution in [0.25, 0.3) is 9.75 Å². The molecule has 2 aromatic heterocycles. The van der Waals surface area contributed by atoms with Gasteiger partial charge in [0.2, 0.25) is 10.3 Å². The van der Waals surface area contributed by atoms with Gasteiger partial charge in [0.1, 0.15) is 0 Å². The van der Waals surface area contributed by atoms with Crippen molar-refractivity contribution in [3.05, 3.63) is 89.2 Å². The number of rotatable bonds is 9. The molecule has 0 bridgehead atoms. The van der Waals surface area contributed by atoms with Crippen molar-refractivity contribution in [2.75, 3.05) is 0 Å². The van der Waals surface area contributed by atoms with E-state index in [1.54, 1.807) is 0 Å². The highest BCUT2D eigenvalue weighted by Gasteiger charge is 2.21. The van der Waals surface area contributed by atoms with E-state index in [9.17, 15) is 40.5 Å². The maximum absolute atomic E-state index is 11.2. The van der Waals surface area contributed by atoms with Crippen LogP contribution in [0, 0.1) is 40.5 Å². The van der Waals surface area contributed by atoms with Gasteiger partial charge in [-0.15, -0.1) is 20.5 Å². The lowest BCUT2D eigenvalue weighted by molar-refractivity contribution is -0.394. The fourth-order valence-corrected chi connectivity index (χ4v) is 4.29. The summed E-state index contributed by atoms with van der Waals surface area (Å²) in [4.78, 5) is 50.3. The van der Waals surface area contributed by atoms with Crippen molar-refractivity contribution < 1.29 is 19.7 Å². The third kappa shape index (κ3) is 5.66. The van der Waals surface area contributed by atoms with E-state index >= 15 is 0 Å². The highest BCUT2D eigenvalue weighted by molar-refractivity contribution is 7.25. The molecule has 0 atom stereocenters. The van der Waals surface area contributed by atoms with Crippen LogP contribution in [-0.2, 0) is 0 Å². The van der Waals surface area contributed by atoms with Gasteiger partial charge in [-0.1, -0.05) is 22.7 Å². The summed E-state index contributed by atoms with van der Waals surface area (Å²) in [5.41, 5.74) is -2.51. The van der Waals surface area contributed by atoms with E-state index in [4.69, 9.17) is 0 Å². The molecule has 0 amide bonds. The Bertz CT molecular complexity index is 1540. The summed E-state index contributed by atoms with van der Waals surface area (Å²) in [5.74, 6) is 0. The Hall–Kier alpha value is -5.50. The molecule has 0 saturated heterocycles. The summed E-state index contributed by atoms with van der Waals surface area (Å²) in [6.45, 7) is 0. The maximum Gasteiger partial charge on any atom is 0.303 e. The van der Waals surface area contributed by atoms with Gasteiger partial charge in [0.15, 0.2) is 11.4 Å². The van der Waals surface area contributed by atoms with Gasteiger partial charge in [-0.2, -0.15) is 0 Å². The second kappa shape index (κ2) is 10.6. The first-order chi connectivity index (χ1) is 18.1. The molecule has 0 spiro atoms. The highest BCUT2D eigenvalue weighted by atomic mass is 32.1. The van der Waals surface area contributed by atoms with Crippen LogP contribution in [0.15, 0.2) is 69.2 Å². The molecule has 4 aromatic rings. The molecule has 18 nitrogen and oxygen atoms in total. The molecule has 0 aliphatic rings. The predicted octanol–water partition coefficient (Wildman–Crippen LogP) is 6.73. The van der Waals surface area contributed by atoms with Crippen LogP contribution < -0.4 is 0 Å². The highest BCUT2D eigenvalue weighted by Crippen LogP contribution is 2.39. The van der Waals surface area contributed by atoms with Gasteiger partial charge in [0, 0.05) is 24.5 Å². The van der Waals surface area contributed by atoms with E-state index < -0.39 is 42.4 Å². The van der Waals surface area contributed by atoms with Gasteiger partial charge in [-0.05, 0) is 12.1 Å². The number of benzene rings is 2. The number of azo groups is 2. The summed E-state index contributed by atoms with van der Waals surface area (Å²) < 4.78 is 0. The van der Waals surface area contributed by atoms with Crippen LogP contribution in [0.1, 0.15) is 0 Å². The van der Waals surface area contributed by atoms with E-state index in [1.165, 1.54) is 12.4 Å². The minimum atomic E-state index is -0.812. The number of hydrogen-bond acceptors (Lipinski definition) is 16. The topological polar surface area (TPSA) is 248 Å². The van der Waals surface area contributed by atoms with Gasteiger partial charge in [0.05, 0.1) is 41.6 Å². The summed E-state index contributed by atoms with van der Waals surface area (Å²) >= 11 is 2.12. The summed E-state index contributed by atoms with van der Waals surface area (Å²) in [6.07, 6.45) is 2.89. The molecule has 190 valence electrons. The normalized spacial score (nSPS) is 11.3. The van der Waals surface area contributed by atoms with E-state index in [-0.39, 0.29) is 21.6 Å². The van der Waals surface area contributed by atoms with Crippen LogP contribution >= 0.6 is 22.7 Å². The number of hydrogen-bond donors (Lipinski definition) is 0. The van der Waals surface area contributed by atoms with Crippen molar-refractivity contribution in [3.63, 3.8) is 0 Å². The zero-order chi connectivity index (χ0) is 27.4. The van der Waals surface area contributed by atoms with Gasteiger partial charge in [0.25, 0.3) is 11.4 Å². The zero-order valence-corrected chi connectivity index (χ0v) is 19.8. The first-order valence-electron chi connectivity index (χ1n) is 9.73. The van der Waals surface area contributed by atoms with Crippen LogP contribution in [-0.4, -0.2) is 29.7 Å². The summed E-state index contributed by atoms with van der Waals surface area (Å²) in [5, 5.41) is 59.7. The van der Waals surface area contributed by atoms with Gasteiger partial charge < -0.3 is 0 Å². The van der Waals surface area contributed by atoms with E-state index in [0.717, 1.165) is 59.1 Å². The Labute approximate surface area is 216 Å². The average Bonchev–Trinajstić information content (AvgIpc) is 3.55. The quantitative estimate of drug-likeness (QED) is 0.119. The largest absolute Gasteiger partial charge is 0.303 e. The molecule has 0 saturated carbocycles. The Morgan fingerprint density at radius 2 is 0.974 bits per heavy atom. The van der Waals surface area contributed by atoms with Crippen molar-refractivity contribution in [2.24, 2.45) is 20.5 Å². The van der Waals surface area contributed by atoms with Crippen LogP contribution in [0.2, 0.25) is 0 Å². The van der Waals surface area contributed by atoms with E-state index in [1.807, 2.05) is 0 Å². The molecular weight excluding hydrogens is 548 g/mol. The van der Waals surface area contributed by atoms with Crippen molar-refractivity contribution in [2.45, 2.75) is 0 Å². The molecular formula is C18H8N10O8S2. The number of nitro benzene ring substituents is 4. The smallest absolute Gasteiger partial charge is 0.258 e. The van der Waals surface area contributed by atoms with Crippen molar-refractivity contribution in [1.29, 1.82) is 0 Å². The molecule has 2 heterocycles. The first-order valence-corrected chi connectivity index (χ1v) is 11.4. The maximum atomic E-state index is 11.2. The monoisotopic (exact) mass is 556 g/mol. The molecule has 0 unspecified atom stereocenters. The SMILES string of the molecule is O=[N+]([O-])c1ccc(N=Nc2ncc(-c3cnc(N=Nc4ccc([N+](=O)[O-])cc4[N+](=O)[O-])s3)s2)c([N+](=O)[O-])c1. The van der Waals surface area contributed by atoms with Crippen molar-refractivity contribution in [1.82, 2.24) is 9.97 Å². The van der Waals surface area contributed by atoms with Gasteiger partial charge in [-0.25, -0.2) is 9.97 Å². The third-order valence-electron chi connectivity index (χ3n) is 4.45. The molecule has 20 heteroatoms. The van der Waals surface area contributed by atoms with E-state index in [0.29, 0.717) is 9.75 Å². The summed E-state index contributed by atoms with van der Waals surface area (Å²) in [7, 11) is 0. The van der Waals surface area contributed by atoms with Crippen molar-refractivity contribution >= 4 is 67.1 Å². The Morgan fingerprint density at radius 1 is 0.579 bits per heavy atom. The Balaban J connectivity index is 1.52. The van der Waals surface area contributed by atoms with Crippen molar-refractivity contribution in [3.8, 4) is 9.75 Å². The second-order valence-electron chi connectivity index (χ2n) is 6.79. The lowest BCUT2D eigenvalue weighted by Gasteiger charge is -1.96. The number of non-ortho nitro benzene ring substituents is 2. The minimum absolute atomic E-state index is 0.130.